The van der Waals surface area contributed by atoms with Crippen molar-refractivity contribution < 1.29 is 13.2 Å². The molecule has 0 aromatic carbocycles. The number of hydrogen-bond donors (Lipinski definition) is 2. The van der Waals surface area contributed by atoms with Crippen LogP contribution < -0.4 is 11.1 Å². The van der Waals surface area contributed by atoms with Gasteiger partial charge in [-0.1, -0.05) is 13.8 Å². The van der Waals surface area contributed by atoms with E-state index in [2.05, 4.69) is 19.2 Å². The van der Waals surface area contributed by atoms with E-state index in [9.17, 15) is 13.2 Å². The summed E-state index contributed by atoms with van der Waals surface area (Å²) in [6, 6.07) is -0.0584. The molecule has 0 bridgehead atoms. The van der Waals surface area contributed by atoms with Gasteiger partial charge >= 0.3 is 0 Å². The molecule has 1 amide bonds. The highest BCUT2D eigenvalue weighted by Gasteiger charge is 2.32. The van der Waals surface area contributed by atoms with Crippen LogP contribution in [0.25, 0.3) is 0 Å². The Kier molecular flexibility index (Phi) is 4.94. The van der Waals surface area contributed by atoms with Crippen molar-refractivity contribution in [3.63, 3.8) is 0 Å². The molecule has 17 heavy (non-hydrogen) atoms. The van der Waals surface area contributed by atoms with Gasteiger partial charge in [-0.2, -0.15) is 0 Å². The number of carbonyl (C=O) groups excluding carboxylic acids is 1. The van der Waals surface area contributed by atoms with Gasteiger partial charge < -0.3 is 11.1 Å². The molecule has 0 aromatic rings. The zero-order valence-corrected chi connectivity index (χ0v) is 11.3. The first kappa shape index (κ1) is 14.4. The highest BCUT2D eigenvalue weighted by molar-refractivity contribution is 7.91. The van der Waals surface area contributed by atoms with Crippen molar-refractivity contribution >= 4 is 15.7 Å². The zero-order chi connectivity index (χ0) is 13.1. The Bertz CT molecular complexity index is 365. The number of amides is 1. The van der Waals surface area contributed by atoms with Gasteiger partial charge in [0.25, 0.3) is 0 Å². The van der Waals surface area contributed by atoms with Crippen molar-refractivity contribution in [1.29, 1.82) is 0 Å². The van der Waals surface area contributed by atoms with Gasteiger partial charge in [0.05, 0.1) is 17.4 Å². The molecule has 1 fully saturated rings. The number of nitrogens with two attached hydrogens (primary N) is 1. The van der Waals surface area contributed by atoms with E-state index < -0.39 is 9.84 Å². The fraction of sp³-hybridized carbons (Fsp3) is 0.909. The average Bonchev–Trinajstić information content (AvgIpc) is 2.54. The summed E-state index contributed by atoms with van der Waals surface area (Å²) >= 11 is 0. The first-order chi connectivity index (χ1) is 7.80. The molecular weight excluding hydrogens is 240 g/mol. The van der Waals surface area contributed by atoms with E-state index in [0.717, 1.165) is 6.42 Å². The normalized spacial score (nSPS) is 24.8. The maximum atomic E-state index is 11.7. The summed E-state index contributed by atoms with van der Waals surface area (Å²) in [4.78, 5) is 11.7. The molecule has 1 saturated heterocycles. The molecule has 2 atom stereocenters. The smallest absolute Gasteiger partial charge is 0.224 e. The summed E-state index contributed by atoms with van der Waals surface area (Å²) in [7, 11) is -2.99. The van der Waals surface area contributed by atoms with Crippen LogP contribution in [0.1, 0.15) is 26.7 Å². The first-order valence-corrected chi connectivity index (χ1v) is 7.86. The molecule has 1 aliphatic rings. The fourth-order valence-electron chi connectivity index (χ4n) is 2.07. The second-order valence-corrected chi connectivity index (χ2v) is 7.46. The molecule has 100 valence electrons. The molecule has 5 nitrogen and oxygen atoms in total. The third-order valence-corrected chi connectivity index (χ3v) is 4.68. The summed E-state index contributed by atoms with van der Waals surface area (Å²) in [6.45, 7) is 4.57. The number of nitrogens with one attached hydrogen (secondary N) is 1. The standard InChI is InChI=1S/C11H22N2O3S/c1-8(2)5-10(12)6-13-11(14)9-3-4-17(15,16)7-9/h8-10H,3-7,12H2,1-2H3,(H,13,14). The lowest BCUT2D eigenvalue weighted by molar-refractivity contribution is -0.124. The molecule has 1 rings (SSSR count). The summed E-state index contributed by atoms with van der Waals surface area (Å²) in [5.74, 6) is 0.0479. The van der Waals surface area contributed by atoms with Gasteiger partial charge in [-0.15, -0.1) is 0 Å². The number of rotatable bonds is 5. The van der Waals surface area contributed by atoms with Crippen molar-refractivity contribution in [2.45, 2.75) is 32.7 Å². The van der Waals surface area contributed by atoms with E-state index >= 15 is 0 Å². The predicted octanol–water partition coefficient (Wildman–Crippen LogP) is -0.0893. The summed E-state index contributed by atoms with van der Waals surface area (Å²) in [6.07, 6.45) is 1.29. The Morgan fingerprint density at radius 3 is 2.59 bits per heavy atom. The second-order valence-electron chi connectivity index (χ2n) is 5.23. The van der Waals surface area contributed by atoms with Crippen LogP contribution in [0.3, 0.4) is 0 Å². The van der Waals surface area contributed by atoms with Crippen LogP contribution >= 0.6 is 0 Å². The molecule has 0 saturated carbocycles. The van der Waals surface area contributed by atoms with Crippen LogP contribution in [0.5, 0.6) is 0 Å². The summed E-state index contributed by atoms with van der Waals surface area (Å²) in [5, 5.41) is 2.74. The van der Waals surface area contributed by atoms with Gasteiger partial charge in [0.2, 0.25) is 5.91 Å². The van der Waals surface area contributed by atoms with E-state index in [1.165, 1.54) is 0 Å². The van der Waals surface area contributed by atoms with Crippen molar-refractivity contribution in [3.05, 3.63) is 0 Å². The molecule has 0 radical (unpaired) electrons. The molecule has 0 aliphatic carbocycles. The van der Waals surface area contributed by atoms with Gasteiger partial charge in [0, 0.05) is 12.6 Å². The van der Waals surface area contributed by atoms with E-state index in [1.54, 1.807) is 0 Å². The van der Waals surface area contributed by atoms with E-state index in [0.29, 0.717) is 18.9 Å². The van der Waals surface area contributed by atoms with Crippen molar-refractivity contribution in [2.75, 3.05) is 18.1 Å². The van der Waals surface area contributed by atoms with Crippen molar-refractivity contribution in [3.8, 4) is 0 Å². The number of sulfone groups is 1. The highest BCUT2D eigenvalue weighted by atomic mass is 32.2. The Morgan fingerprint density at radius 2 is 2.12 bits per heavy atom. The molecule has 1 heterocycles. The minimum Gasteiger partial charge on any atom is -0.354 e. The van der Waals surface area contributed by atoms with Crippen LogP contribution in [-0.2, 0) is 14.6 Å². The van der Waals surface area contributed by atoms with Crippen LogP contribution in [-0.4, -0.2) is 38.4 Å². The van der Waals surface area contributed by atoms with E-state index in [1.807, 2.05) is 0 Å². The van der Waals surface area contributed by atoms with Gasteiger partial charge in [0.15, 0.2) is 9.84 Å². The Hall–Kier alpha value is -0.620. The van der Waals surface area contributed by atoms with Crippen LogP contribution in [0.4, 0.5) is 0 Å². The Balaban J connectivity index is 2.31. The van der Waals surface area contributed by atoms with Crippen molar-refractivity contribution in [2.24, 2.45) is 17.6 Å². The minimum absolute atomic E-state index is 0.0156. The molecule has 6 heteroatoms. The van der Waals surface area contributed by atoms with E-state index in [-0.39, 0.29) is 29.4 Å². The Labute approximate surface area is 103 Å². The van der Waals surface area contributed by atoms with Crippen LogP contribution in [0, 0.1) is 11.8 Å². The molecule has 0 aromatic heterocycles. The average molecular weight is 262 g/mol. The minimum atomic E-state index is -2.99. The zero-order valence-electron chi connectivity index (χ0n) is 10.5. The quantitative estimate of drug-likeness (QED) is 0.724. The van der Waals surface area contributed by atoms with Crippen LogP contribution in [0.2, 0.25) is 0 Å². The third kappa shape index (κ3) is 5.04. The Morgan fingerprint density at radius 1 is 1.47 bits per heavy atom. The predicted molar refractivity (Wildman–Crippen MR) is 67.2 cm³/mol. The van der Waals surface area contributed by atoms with Gasteiger partial charge in [-0.05, 0) is 18.8 Å². The maximum absolute atomic E-state index is 11.7. The van der Waals surface area contributed by atoms with Crippen LogP contribution in [0.15, 0.2) is 0 Å². The van der Waals surface area contributed by atoms with Crippen molar-refractivity contribution in [1.82, 2.24) is 5.32 Å². The second kappa shape index (κ2) is 5.82. The number of hydrogen-bond acceptors (Lipinski definition) is 4. The lowest BCUT2D eigenvalue weighted by atomic mass is 10.0. The lowest BCUT2D eigenvalue weighted by Gasteiger charge is -2.16. The molecule has 2 unspecified atom stereocenters. The molecule has 0 spiro atoms. The number of carbonyl (C=O) groups is 1. The van der Waals surface area contributed by atoms with Gasteiger partial charge in [-0.3, -0.25) is 4.79 Å². The third-order valence-electron chi connectivity index (χ3n) is 2.92. The largest absolute Gasteiger partial charge is 0.354 e. The SMILES string of the molecule is CC(C)CC(N)CNC(=O)C1CCS(=O)(=O)C1. The first-order valence-electron chi connectivity index (χ1n) is 6.04. The van der Waals surface area contributed by atoms with Gasteiger partial charge in [-0.25, -0.2) is 8.42 Å². The van der Waals surface area contributed by atoms with Gasteiger partial charge in [0.1, 0.15) is 0 Å². The molecular formula is C11H22N2O3S. The van der Waals surface area contributed by atoms with E-state index in [4.69, 9.17) is 5.73 Å². The lowest BCUT2D eigenvalue weighted by Crippen LogP contribution is -2.40. The summed E-state index contributed by atoms with van der Waals surface area (Å²) in [5.41, 5.74) is 5.84. The maximum Gasteiger partial charge on any atom is 0.224 e. The highest BCUT2D eigenvalue weighted by Crippen LogP contribution is 2.18. The monoisotopic (exact) mass is 262 g/mol. The molecule has 3 N–H and O–H groups in total. The topological polar surface area (TPSA) is 89.3 Å². The fourth-order valence-corrected chi connectivity index (χ4v) is 3.81. The molecule has 1 aliphatic heterocycles. The summed E-state index contributed by atoms with van der Waals surface area (Å²) < 4.78 is 22.4.